The Bertz CT molecular complexity index is 833. The van der Waals surface area contributed by atoms with Gasteiger partial charge in [-0.2, -0.15) is 0 Å². The van der Waals surface area contributed by atoms with Crippen molar-refractivity contribution in [2.45, 2.75) is 14.9 Å². The fraction of sp³-hybridized carbons (Fsp3) is 0.143. The van der Waals surface area contributed by atoms with Crippen LogP contribution in [-0.2, 0) is 0 Å². The van der Waals surface area contributed by atoms with Gasteiger partial charge in [0.25, 0.3) is 0 Å². The van der Waals surface area contributed by atoms with Crippen LogP contribution in [0.4, 0.5) is 0 Å². The van der Waals surface area contributed by atoms with Crippen molar-refractivity contribution in [3.8, 4) is 34.3 Å². The Balaban J connectivity index is 0.00000196. The molecule has 0 saturated heterocycles. The second-order valence-corrected chi connectivity index (χ2v) is 5.33. The first kappa shape index (κ1) is 26.0. The lowest BCUT2D eigenvalue weighted by Crippen LogP contribution is -2.05. The number of ether oxygens (including phenoxy) is 2. The topological polar surface area (TPSA) is 75.8 Å². The summed E-state index contributed by atoms with van der Waals surface area (Å²) in [6.07, 6.45) is 7.05. The van der Waals surface area contributed by atoms with Crippen LogP contribution in [0.3, 0.4) is 0 Å². The van der Waals surface area contributed by atoms with Crippen molar-refractivity contribution in [3.63, 3.8) is 0 Å². The highest BCUT2D eigenvalue weighted by Crippen LogP contribution is 2.21. The van der Waals surface area contributed by atoms with Crippen LogP contribution in [-0.4, -0.2) is 26.7 Å². The first-order chi connectivity index (χ1) is 12.4. The Morgan fingerprint density at radius 1 is 0.621 bits per heavy atom. The lowest BCUT2D eigenvalue weighted by Gasteiger charge is -2.09. The second-order valence-electron chi connectivity index (χ2n) is 5.33. The fourth-order valence-electron chi connectivity index (χ4n) is 2.43. The summed E-state index contributed by atoms with van der Waals surface area (Å²) in [5.41, 5.74) is 2.01. The molecule has 2 heterocycles. The van der Waals surface area contributed by atoms with Crippen molar-refractivity contribution in [2.75, 3.05) is 6.79 Å². The van der Waals surface area contributed by atoms with Gasteiger partial charge in [0.15, 0.2) is 0 Å². The monoisotopic (exact) mass is 436 g/mol. The van der Waals surface area contributed by atoms with Crippen LogP contribution in [0.25, 0.3) is 22.8 Å². The van der Waals surface area contributed by atoms with E-state index in [0.29, 0.717) is 0 Å². The number of nitrogens with zero attached hydrogens (tertiary/aromatic N) is 2. The van der Waals surface area contributed by atoms with Crippen LogP contribution in [0.2, 0.25) is 0 Å². The van der Waals surface area contributed by atoms with Gasteiger partial charge in [0.2, 0.25) is 6.79 Å². The molecule has 0 spiro atoms. The minimum Gasteiger partial charge on any atom is -0.458 e. The lowest BCUT2D eigenvalue weighted by molar-refractivity contribution is 0.120. The molecule has 0 aliphatic heterocycles. The zero-order valence-corrected chi connectivity index (χ0v) is 15.8. The average molecular weight is 437 g/mol. The maximum Gasteiger partial charge on any atom is 0.230 e. The van der Waals surface area contributed by atoms with E-state index < -0.39 is 0 Å². The highest BCUT2D eigenvalue weighted by molar-refractivity contribution is 5.85. The van der Waals surface area contributed by atoms with Crippen molar-refractivity contribution in [1.82, 2.24) is 19.9 Å². The molecule has 0 amide bonds. The molecule has 0 unspecified atom stereocenters. The largest absolute Gasteiger partial charge is 0.458 e. The smallest absolute Gasteiger partial charge is 0.230 e. The maximum absolute atomic E-state index is 5.61. The molecule has 8 heteroatoms. The molecule has 2 aromatic heterocycles. The third-order valence-corrected chi connectivity index (χ3v) is 3.70. The third-order valence-electron chi connectivity index (χ3n) is 3.70. The van der Waals surface area contributed by atoms with Crippen LogP contribution in [0.1, 0.15) is 14.9 Å². The summed E-state index contributed by atoms with van der Waals surface area (Å²) in [5.74, 6) is 3.14. The van der Waals surface area contributed by atoms with E-state index >= 15 is 0 Å². The third kappa shape index (κ3) is 6.55. The number of hydrogen-bond donors (Lipinski definition) is 2. The molecular formula is C21H26Cl2N4O2. The fourth-order valence-corrected chi connectivity index (χ4v) is 2.43. The van der Waals surface area contributed by atoms with Crippen molar-refractivity contribution in [2.24, 2.45) is 0 Å². The Kier molecular flexibility index (Phi) is 11.2. The minimum absolute atomic E-state index is 0. The van der Waals surface area contributed by atoms with E-state index in [1.54, 1.807) is 24.8 Å². The molecule has 0 fully saturated rings. The van der Waals surface area contributed by atoms with Gasteiger partial charge in [0.1, 0.15) is 23.1 Å². The SMILES string of the molecule is C.C.Cl.Cl.c1c[nH]c(-c2ccc(OCOc3ccc(-c4ncc[nH]4)cc3)cc2)n1. The van der Waals surface area contributed by atoms with Gasteiger partial charge in [-0.15, -0.1) is 24.8 Å². The second kappa shape index (κ2) is 12.5. The molecule has 29 heavy (non-hydrogen) atoms. The number of benzene rings is 2. The Morgan fingerprint density at radius 3 is 1.31 bits per heavy atom. The number of halogens is 2. The zero-order valence-electron chi connectivity index (χ0n) is 14.2. The predicted octanol–water partition coefficient (Wildman–Crippen LogP) is 6.00. The Labute approximate surface area is 183 Å². The van der Waals surface area contributed by atoms with Crippen LogP contribution in [0.5, 0.6) is 11.5 Å². The summed E-state index contributed by atoms with van der Waals surface area (Å²) in [5, 5.41) is 0. The number of hydrogen-bond acceptors (Lipinski definition) is 4. The molecule has 0 saturated carbocycles. The van der Waals surface area contributed by atoms with Crippen molar-refractivity contribution >= 4 is 24.8 Å². The van der Waals surface area contributed by atoms with Crippen LogP contribution < -0.4 is 9.47 Å². The zero-order chi connectivity index (χ0) is 16.9. The van der Waals surface area contributed by atoms with Gasteiger partial charge < -0.3 is 19.4 Å². The molecule has 0 bridgehead atoms. The summed E-state index contributed by atoms with van der Waals surface area (Å²) >= 11 is 0. The molecule has 0 atom stereocenters. The average Bonchev–Trinajstić information content (AvgIpc) is 3.37. The van der Waals surface area contributed by atoms with Gasteiger partial charge in [-0.25, -0.2) is 9.97 Å². The summed E-state index contributed by atoms with van der Waals surface area (Å²) in [4.78, 5) is 14.6. The maximum atomic E-state index is 5.61. The standard InChI is InChI=1S/C19H16N4O2.2CH4.2ClH/c1-5-16(6-2-14(1)18-20-9-10-21-18)24-13-25-17-7-3-15(4-8-17)19-22-11-12-23-19;;;;/h1-12H,13H2,(H,20,21)(H,22,23);2*1H4;2*1H. The molecule has 4 aromatic rings. The number of imidazole rings is 2. The normalized spacial score (nSPS) is 9.10. The molecule has 2 aromatic carbocycles. The molecule has 156 valence electrons. The quantitative estimate of drug-likeness (QED) is 0.363. The van der Waals surface area contributed by atoms with E-state index in [1.165, 1.54) is 0 Å². The molecule has 2 N–H and O–H groups in total. The van der Waals surface area contributed by atoms with Crippen LogP contribution in [0.15, 0.2) is 73.3 Å². The number of rotatable bonds is 6. The minimum atomic E-state index is 0. The molecule has 0 aliphatic rings. The van der Waals surface area contributed by atoms with Gasteiger partial charge >= 0.3 is 0 Å². The number of H-pyrrole nitrogens is 2. The molecule has 0 aliphatic carbocycles. The van der Waals surface area contributed by atoms with E-state index in [0.717, 1.165) is 34.3 Å². The van der Waals surface area contributed by atoms with Gasteiger partial charge in [0.05, 0.1) is 0 Å². The number of aromatic amines is 2. The lowest BCUT2D eigenvalue weighted by atomic mass is 10.2. The molecule has 6 nitrogen and oxygen atoms in total. The highest BCUT2D eigenvalue weighted by atomic mass is 35.5. The van der Waals surface area contributed by atoms with Gasteiger partial charge in [-0.05, 0) is 48.5 Å². The van der Waals surface area contributed by atoms with E-state index in [9.17, 15) is 0 Å². The Hall–Kier alpha value is -2.96. The van der Waals surface area contributed by atoms with E-state index in [4.69, 9.17) is 9.47 Å². The predicted molar refractivity (Wildman–Crippen MR) is 122 cm³/mol. The number of aromatic nitrogens is 4. The Morgan fingerprint density at radius 2 is 1.00 bits per heavy atom. The summed E-state index contributed by atoms with van der Waals surface area (Å²) in [7, 11) is 0. The highest BCUT2D eigenvalue weighted by Gasteiger charge is 2.02. The molecular weight excluding hydrogens is 411 g/mol. The van der Waals surface area contributed by atoms with E-state index in [-0.39, 0.29) is 46.5 Å². The van der Waals surface area contributed by atoms with Crippen molar-refractivity contribution in [1.29, 1.82) is 0 Å². The summed E-state index contributed by atoms with van der Waals surface area (Å²) in [6, 6.07) is 15.4. The summed E-state index contributed by atoms with van der Waals surface area (Å²) in [6.45, 7) is 0.139. The van der Waals surface area contributed by atoms with Crippen molar-refractivity contribution in [3.05, 3.63) is 73.3 Å². The molecule has 4 rings (SSSR count). The van der Waals surface area contributed by atoms with Gasteiger partial charge in [-0.1, -0.05) is 14.9 Å². The first-order valence-electron chi connectivity index (χ1n) is 7.84. The van der Waals surface area contributed by atoms with Crippen molar-refractivity contribution < 1.29 is 9.47 Å². The van der Waals surface area contributed by atoms with Gasteiger partial charge in [0, 0.05) is 35.9 Å². The van der Waals surface area contributed by atoms with Crippen LogP contribution in [0, 0.1) is 0 Å². The van der Waals surface area contributed by atoms with E-state index in [2.05, 4.69) is 19.9 Å². The van der Waals surface area contributed by atoms with Crippen LogP contribution >= 0.6 is 24.8 Å². The van der Waals surface area contributed by atoms with Gasteiger partial charge in [-0.3, -0.25) is 0 Å². The summed E-state index contributed by atoms with van der Waals surface area (Å²) < 4.78 is 11.2. The molecule has 0 radical (unpaired) electrons. The number of nitrogens with one attached hydrogen (secondary N) is 2. The van der Waals surface area contributed by atoms with E-state index in [1.807, 2.05) is 48.5 Å². The first-order valence-corrected chi connectivity index (χ1v) is 7.84.